The van der Waals surface area contributed by atoms with Crippen LogP contribution in [0.1, 0.15) is 35.5 Å². The molecule has 1 unspecified atom stereocenters. The van der Waals surface area contributed by atoms with E-state index in [4.69, 9.17) is 37.1 Å². The number of ether oxygens (including phenoxy) is 3. The maximum absolute atomic E-state index is 14.8. The van der Waals surface area contributed by atoms with Gasteiger partial charge in [-0.2, -0.15) is 0 Å². The van der Waals surface area contributed by atoms with E-state index in [0.717, 1.165) is 27.6 Å². The van der Waals surface area contributed by atoms with Crippen LogP contribution in [-0.4, -0.2) is 39.8 Å². The van der Waals surface area contributed by atoms with E-state index in [1.807, 2.05) is 24.3 Å². The van der Waals surface area contributed by atoms with Crippen LogP contribution in [0.15, 0.2) is 54.6 Å². The first-order chi connectivity index (χ1) is 18.7. The van der Waals surface area contributed by atoms with Gasteiger partial charge in [-0.15, -0.1) is 0 Å². The van der Waals surface area contributed by atoms with Crippen molar-refractivity contribution < 1.29 is 27.8 Å². The predicted octanol–water partition coefficient (Wildman–Crippen LogP) is 4.97. The van der Waals surface area contributed by atoms with E-state index in [9.17, 15) is 13.6 Å². The highest BCUT2D eigenvalue weighted by molar-refractivity contribution is 6.21. The summed E-state index contributed by atoms with van der Waals surface area (Å²) in [5.74, 6) is -2.30. The van der Waals surface area contributed by atoms with E-state index in [0.29, 0.717) is 17.0 Å². The first kappa shape index (κ1) is 27.8. The Morgan fingerprint density at radius 2 is 1.90 bits per heavy atom. The molecule has 0 saturated carbocycles. The number of para-hydroxylation sites is 2. The summed E-state index contributed by atoms with van der Waals surface area (Å²) in [5.41, 5.74) is 7.51. The molecule has 0 aliphatic heterocycles. The molecule has 1 heterocycles. The lowest BCUT2D eigenvalue weighted by Gasteiger charge is -2.23. The van der Waals surface area contributed by atoms with Gasteiger partial charge < -0.3 is 24.9 Å². The van der Waals surface area contributed by atoms with Crippen LogP contribution in [0, 0.1) is 17.0 Å². The maximum atomic E-state index is 14.8. The Labute approximate surface area is 228 Å². The van der Waals surface area contributed by atoms with E-state index in [1.54, 1.807) is 25.1 Å². The molecular weight excluding hydrogens is 532 g/mol. The lowest BCUT2D eigenvalue weighted by Crippen LogP contribution is -2.30. The van der Waals surface area contributed by atoms with Gasteiger partial charge in [0, 0.05) is 41.6 Å². The molecule has 1 aromatic heterocycles. The molecule has 3 aromatic carbocycles. The number of nitrogens with one attached hydrogen (secondary N) is 2. The highest BCUT2D eigenvalue weighted by Gasteiger charge is 2.32. The molecule has 0 aliphatic carbocycles. The number of nitrogens with zero attached hydrogens (tertiary/aromatic N) is 2. The molecule has 4 aromatic rings. The molecular formula is C27H26ClF2N5O4. The number of hydrogen-bond donors (Lipinski definition) is 3. The third-order valence-corrected chi connectivity index (χ3v) is 6.12. The van der Waals surface area contributed by atoms with Crippen molar-refractivity contribution in [3.63, 3.8) is 0 Å². The monoisotopic (exact) mass is 557 g/mol. The minimum absolute atomic E-state index is 0.00872. The number of fused-ring (bicyclic) bond motifs is 1. The van der Waals surface area contributed by atoms with Gasteiger partial charge in [0.15, 0.2) is 6.10 Å². The lowest BCUT2D eigenvalue weighted by atomic mass is 10.1. The fourth-order valence-electron chi connectivity index (χ4n) is 3.94. The number of amidine groups is 1. The van der Waals surface area contributed by atoms with Crippen molar-refractivity contribution in [3.05, 3.63) is 88.7 Å². The van der Waals surface area contributed by atoms with E-state index in [1.165, 1.54) is 7.11 Å². The fourth-order valence-corrected chi connectivity index (χ4v) is 4.15. The SMILES string of the molecule is CCOC(C(=O)N(Cl)Cc1ccc(C(=N)N)cc1OCc1nc2ccccc2[nH]1)c1c(F)cc(OC)cc1F. The molecule has 0 fully saturated rings. The number of amides is 1. The van der Waals surface area contributed by atoms with Crippen LogP contribution in [0.25, 0.3) is 11.0 Å². The number of hydrogen-bond acceptors (Lipinski definition) is 6. The Morgan fingerprint density at radius 1 is 1.18 bits per heavy atom. The van der Waals surface area contributed by atoms with Crippen molar-refractivity contribution in [2.75, 3.05) is 13.7 Å². The van der Waals surface area contributed by atoms with Crippen LogP contribution >= 0.6 is 11.8 Å². The third-order valence-electron chi connectivity index (χ3n) is 5.84. The zero-order valence-electron chi connectivity index (χ0n) is 21.1. The molecule has 0 saturated heterocycles. The Balaban J connectivity index is 1.58. The second kappa shape index (κ2) is 12.1. The zero-order valence-corrected chi connectivity index (χ0v) is 21.9. The van der Waals surface area contributed by atoms with Gasteiger partial charge in [0.2, 0.25) is 0 Å². The molecule has 204 valence electrons. The highest BCUT2D eigenvalue weighted by atomic mass is 35.5. The predicted molar refractivity (Wildman–Crippen MR) is 142 cm³/mol. The highest BCUT2D eigenvalue weighted by Crippen LogP contribution is 2.31. The van der Waals surface area contributed by atoms with Gasteiger partial charge in [0.25, 0.3) is 5.91 Å². The minimum atomic E-state index is -1.64. The third kappa shape index (κ3) is 6.27. The van der Waals surface area contributed by atoms with Crippen molar-refractivity contribution in [3.8, 4) is 11.5 Å². The number of carbonyl (C=O) groups is 1. The maximum Gasteiger partial charge on any atom is 0.271 e. The van der Waals surface area contributed by atoms with Crippen LogP contribution in [0.4, 0.5) is 8.78 Å². The summed E-state index contributed by atoms with van der Waals surface area (Å²) in [6.07, 6.45) is -1.64. The molecule has 0 spiro atoms. The van der Waals surface area contributed by atoms with Crippen LogP contribution in [0.3, 0.4) is 0 Å². The average Bonchev–Trinajstić information content (AvgIpc) is 3.34. The normalized spacial score (nSPS) is 11.8. The second-order valence-corrected chi connectivity index (χ2v) is 8.83. The van der Waals surface area contributed by atoms with Crippen molar-refractivity contribution in [2.45, 2.75) is 26.2 Å². The number of halogens is 3. The summed E-state index contributed by atoms with van der Waals surface area (Å²) >= 11 is 6.35. The standard InChI is InChI=1S/C27H26ClF2N5O4/c1-3-38-25(24-18(29)11-17(37-2)12-19(24)30)27(36)35(28)13-16-9-8-15(26(31)32)10-22(16)39-14-23-33-20-6-4-5-7-21(20)34-23/h4-12,25H,3,13-14H2,1-2H3,(H3,31,32)(H,33,34). The quantitative estimate of drug-likeness (QED) is 0.136. The summed E-state index contributed by atoms with van der Waals surface area (Å²) in [7, 11) is 1.27. The average molecular weight is 558 g/mol. The van der Waals surface area contributed by atoms with Gasteiger partial charge in [-0.3, -0.25) is 10.2 Å². The summed E-state index contributed by atoms with van der Waals surface area (Å²) < 4.78 is 46.6. The molecule has 4 N–H and O–H groups in total. The fraction of sp³-hybridized carbons (Fsp3) is 0.222. The number of methoxy groups -OCH3 is 1. The smallest absolute Gasteiger partial charge is 0.271 e. The molecule has 0 aliphatic rings. The number of H-pyrrole nitrogens is 1. The van der Waals surface area contributed by atoms with Crippen LogP contribution in [-0.2, 0) is 22.7 Å². The minimum Gasteiger partial charge on any atom is -0.497 e. The molecule has 0 bridgehead atoms. The second-order valence-electron chi connectivity index (χ2n) is 8.42. The summed E-state index contributed by atoms with van der Waals surface area (Å²) in [5, 5.41) is 7.77. The number of nitrogens with two attached hydrogens (primary N) is 1. The Hall–Kier alpha value is -4.22. The van der Waals surface area contributed by atoms with Crippen molar-refractivity contribution in [1.29, 1.82) is 5.41 Å². The summed E-state index contributed by atoms with van der Waals surface area (Å²) in [6.45, 7) is 1.41. The lowest BCUT2D eigenvalue weighted by molar-refractivity contribution is -0.139. The number of imidazole rings is 1. The van der Waals surface area contributed by atoms with Gasteiger partial charge in [-0.05, 0) is 25.1 Å². The first-order valence-corrected chi connectivity index (χ1v) is 12.2. The van der Waals surface area contributed by atoms with Crippen LogP contribution in [0.2, 0.25) is 0 Å². The van der Waals surface area contributed by atoms with E-state index in [2.05, 4.69) is 9.97 Å². The van der Waals surface area contributed by atoms with E-state index in [-0.39, 0.29) is 37.1 Å². The molecule has 0 radical (unpaired) electrons. The van der Waals surface area contributed by atoms with Gasteiger partial charge in [-0.1, -0.05) is 24.3 Å². The largest absolute Gasteiger partial charge is 0.497 e. The van der Waals surface area contributed by atoms with Gasteiger partial charge in [0.05, 0.1) is 30.3 Å². The molecule has 1 amide bonds. The Morgan fingerprint density at radius 3 is 2.54 bits per heavy atom. The van der Waals surface area contributed by atoms with Crippen molar-refractivity contribution in [1.82, 2.24) is 14.4 Å². The van der Waals surface area contributed by atoms with E-state index >= 15 is 0 Å². The van der Waals surface area contributed by atoms with Gasteiger partial charge >= 0.3 is 0 Å². The molecule has 9 nitrogen and oxygen atoms in total. The number of carbonyl (C=O) groups excluding carboxylic acids is 1. The Kier molecular flexibility index (Phi) is 8.62. The van der Waals surface area contributed by atoms with Gasteiger partial charge in [0.1, 0.15) is 41.4 Å². The van der Waals surface area contributed by atoms with Crippen molar-refractivity contribution >= 4 is 34.6 Å². The molecule has 4 rings (SSSR count). The first-order valence-electron chi connectivity index (χ1n) is 11.9. The number of rotatable bonds is 11. The zero-order chi connectivity index (χ0) is 28.1. The van der Waals surface area contributed by atoms with Gasteiger partial charge in [-0.25, -0.2) is 18.2 Å². The van der Waals surface area contributed by atoms with Crippen LogP contribution < -0.4 is 15.2 Å². The van der Waals surface area contributed by atoms with Crippen LogP contribution in [0.5, 0.6) is 11.5 Å². The Bertz CT molecular complexity index is 1460. The number of benzene rings is 3. The number of aromatic nitrogens is 2. The van der Waals surface area contributed by atoms with E-state index < -0.39 is 29.2 Å². The number of nitrogen functional groups attached to an aromatic ring is 1. The summed E-state index contributed by atoms with van der Waals surface area (Å²) in [4.78, 5) is 20.9. The topological polar surface area (TPSA) is 127 Å². The molecule has 39 heavy (non-hydrogen) atoms. The molecule has 1 atom stereocenters. The number of aromatic amines is 1. The summed E-state index contributed by atoms with van der Waals surface area (Å²) in [6, 6.07) is 14.1. The molecule has 12 heteroatoms. The van der Waals surface area contributed by atoms with Crippen molar-refractivity contribution in [2.24, 2.45) is 5.73 Å².